The second-order valence-electron chi connectivity index (χ2n) is 4.23. The van der Waals surface area contributed by atoms with Gasteiger partial charge in [-0.25, -0.2) is 9.97 Å². The van der Waals surface area contributed by atoms with E-state index in [0.29, 0.717) is 11.6 Å². The number of fused-ring (bicyclic) bond motifs is 1. The standard InChI is InChI=1S/C13H12BrN3OS/c1-7-11(14)12(15)17-13(16-7)9-6-19-10-5-3-2-4-8(10)18-9/h2-5,9H,6H2,1H3,(H2,15,16,17). The van der Waals surface area contributed by atoms with Crippen LogP contribution in [0.2, 0.25) is 0 Å². The number of nitrogens with two attached hydrogens (primary N) is 1. The molecule has 4 nitrogen and oxygen atoms in total. The fourth-order valence-corrected chi connectivity index (χ4v) is 3.05. The molecule has 2 N–H and O–H groups in total. The molecule has 6 heteroatoms. The van der Waals surface area contributed by atoms with Gasteiger partial charge in [-0.1, -0.05) is 12.1 Å². The predicted octanol–water partition coefficient (Wildman–Crippen LogP) is 3.36. The van der Waals surface area contributed by atoms with Crippen molar-refractivity contribution in [3.63, 3.8) is 0 Å². The van der Waals surface area contributed by atoms with Gasteiger partial charge in [0.15, 0.2) is 11.9 Å². The molecule has 3 rings (SSSR count). The van der Waals surface area contributed by atoms with Gasteiger partial charge in [0.1, 0.15) is 11.6 Å². The van der Waals surface area contributed by atoms with Crippen LogP contribution in [0.1, 0.15) is 17.6 Å². The zero-order valence-electron chi connectivity index (χ0n) is 10.3. The van der Waals surface area contributed by atoms with E-state index in [9.17, 15) is 0 Å². The van der Waals surface area contributed by atoms with E-state index in [2.05, 4.69) is 32.0 Å². The van der Waals surface area contributed by atoms with E-state index in [1.807, 2.05) is 25.1 Å². The highest BCUT2D eigenvalue weighted by Gasteiger charge is 2.25. The molecule has 0 radical (unpaired) electrons. The van der Waals surface area contributed by atoms with Gasteiger partial charge in [0, 0.05) is 10.6 Å². The third-order valence-corrected chi connectivity index (χ3v) is 4.95. The van der Waals surface area contributed by atoms with E-state index < -0.39 is 0 Å². The number of nitrogen functional groups attached to an aromatic ring is 1. The van der Waals surface area contributed by atoms with Crippen molar-refractivity contribution in [1.29, 1.82) is 0 Å². The fourth-order valence-electron chi connectivity index (χ4n) is 1.89. The lowest BCUT2D eigenvalue weighted by atomic mass is 10.3. The lowest BCUT2D eigenvalue weighted by Gasteiger charge is -2.24. The van der Waals surface area contributed by atoms with Crippen molar-refractivity contribution in [2.45, 2.75) is 17.9 Å². The minimum absolute atomic E-state index is 0.158. The van der Waals surface area contributed by atoms with E-state index in [1.165, 1.54) is 0 Å². The maximum absolute atomic E-state index is 5.95. The zero-order chi connectivity index (χ0) is 13.4. The quantitative estimate of drug-likeness (QED) is 0.864. The molecule has 0 bridgehead atoms. The molecule has 98 valence electrons. The van der Waals surface area contributed by atoms with E-state index >= 15 is 0 Å². The Morgan fingerprint density at radius 1 is 1.37 bits per heavy atom. The monoisotopic (exact) mass is 337 g/mol. The summed E-state index contributed by atoms with van der Waals surface area (Å²) >= 11 is 5.12. The molecule has 0 aliphatic carbocycles. The number of hydrogen-bond donors (Lipinski definition) is 1. The molecule has 19 heavy (non-hydrogen) atoms. The van der Waals surface area contributed by atoms with Gasteiger partial charge in [-0.05, 0) is 35.0 Å². The van der Waals surface area contributed by atoms with Crippen LogP contribution in [0.25, 0.3) is 0 Å². The number of hydrogen-bond acceptors (Lipinski definition) is 5. The third-order valence-electron chi connectivity index (χ3n) is 2.86. The van der Waals surface area contributed by atoms with Crippen LogP contribution in [0.3, 0.4) is 0 Å². The number of aryl methyl sites for hydroxylation is 1. The average molecular weight is 338 g/mol. The van der Waals surface area contributed by atoms with Gasteiger partial charge in [-0.3, -0.25) is 0 Å². The molecule has 0 spiro atoms. The van der Waals surface area contributed by atoms with Crippen molar-refractivity contribution in [2.75, 3.05) is 11.5 Å². The molecule has 1 aromatic heterocycles. The summed E-state index contributed by atoms with van der Waals surface area (Å²) in [6.07, 6.45) is -0.158. The van der Waals surface area contributed by atoms with Crippen molar-refractivity contribution in [1.82, 2.24) is 9.97 Å². The van der Waals surface area contributed by atoms with Gasteiger partial charge in [0.25, 0.3) is 0 Å². The van der Waals surface area contributed by atoms with Gasteiger partial charge in [-0.2, -0.15) is 0 Å². The first kappa shape index (κ1) is 12.7. The second-order valence-corrected chi connectivity index (χ2v) is 6.09. The molecule has 1 unspecified atom stereocenters. The lowest BCUT2D eigenvalue weighted by molar-refractivity contribution is 0.210. The second kappa shape index (κ2) is 5.02. The average Bonchev–Trinajstić information content (AvgIpc) is 2.43. The van der Waals surface area contributed by atoms with Crippen LogP contribution >= 0.6 is 27.7 Å². The van der Waals surface area contributed by atoms with Gasteiger partial charge >= 0.3 is 0 Å². The molecule has 0 amide bonds. The molecular weight excluding hydrogens is 326 g/mol. The highest BCUT2D eigenvalue weighted by Crippen LogP contribution is 2.39. The number of thioether (sulfide) groups is 1. The van der Waals surface area contributed by atoms with Crippen molar-refractivity contribution < 1.29 is 4.74 Å². The number of rotatable bonds is 1. The summed E-state index contributed by atoms with van der Waals surface area (Å²) in [5.41, 5.74) is 6.69. The molecule has 2 aromatic rings. The summed E-state index contributed by atoms with van der Waals surface area (Å²) in [5, 5.41) is 0. The summed E-state index contributed by atoms with van der Waals surface area (Å²) in [6.45, 7) is 1.90. The Labute approximate surface area is 123 Å². The molecule has 1 aliphatic rings. The molecule has 0 saturated heterocycles. The minimum Gasteiger partial charge on any atom is -0.480 e. The summed E-state index contributed by atoms with van der Waals surface area (Å²) in [5.74, 6) is 2.76. The Bertz CT molecular complexity index is 612. The maximum atomic E-state index is 5.95. The summed E-state index contributed by atoms with van der Waals surface area (Å²) in [4.78, 5) is 9.92. The summed E-state index contributed by atoms with van der Waals surface area (Å²) in [7, 11) is 0. The van der Waals surface area contributed by atoms with E-state index in [-0.39, 0.29) is 6.10 Å². The molecule has 0 fully saturated rings. The van der Waals surface area contributed by atoms with Crippen LogP contribution in [0.4, 0.5) is 5.82 Å². The molecule has 1 aromatic carbocycles. The number of para-hydroxylation sites is 1. The van der Waals surface area contributed by atoms with Crippen molar-refractivity contribution in [2.24, 2.45) is 0 Å². The largest absolute Gasteiger partial charge is 0.480 e. The lowest BCUT2D eigenvalue weighted by Crippen LogP contribution is -2.19. The topological polar surface area (TPSA) is 61.0 Å². The SMILES string of the molecule is Cc1nc(C2CSc3ccccc3O2)nc(N)c1Br. The van der Waals surface area contributed by atoms with Crippen LogP contribution in [0.15, 0.2) is 33.6 Å². The summed E-state index contributed by atoms with van der Waals surface area (Å²) < 4.78 is 6.70. The molecule has 1 atom stereocenters. The number of halogens is 1. The van der Waals surface area contributed by atoms with Crippen LogP contribution in [-0.2, 0) is 0 Å². The number of nitrogens with zero attached hydrogens (tertiary/aromatic N) is 2. The summed E-state index contributed by atoms with van der Waals surface area (Å²) in [6, 6.07) is 7.99. The number of ether oxygens (including phenoxy) is 1. The molecule has 2 heterocycles. The van der Waals surface area contributed by atoms with Crippen LogP contribution < -0.4 is 10.5 Å². The van der Waals surface area contributed by atoms with Crippen LogP contribution in [0, 0.1) is 6.92 Å². The molecule has 0 saturated carbocycles. The first-order valence-corrected chi connectivity index (χ1v) is 7.61. The third kappa shape index (κ3) is 2.42. The maximum Gasteiger partial charge on any atom is 0.172 e. The Kier molecular flexibility index (Phi) is 3.36. The normalized spacial score (nSPS) is 17.7. The van der Waals surface area contributed by atoms with Crippen molar-refractivity contribution in [3.05, 3.63) is 40.3 Å². The number of aromatic nitrogens is 2. The van der Waals surface area contributed by atoms with Gasteiger partial charge < -0.3 is 10.5 Å². The Balaban J connectivity index is 1.93. The van der Waals surface area contributed by atoms with E-state index in [4.69, 9.17) is 10.5 Å². The minimum atomic E-state index is -0.158. The van der Waals surface area contributed by atoms with Gasteiger partial charge in [0.2, 0.25) is 0 Å². The first-order chi connectivity index (χ1) is 9.15. The van der Waals surface area contributed by atoms with E-state index in [1.54, 1.807) is 11.8 Å². The van der Waals surface area contributed by atoms with Crippen LogP contribution in [0.5, 0.6) is 5.75 Å². The smallest absolute Gasteiger partial charge is 0.172 e. The predicted molar refractivity (Wildman–Crippen MR) is 79.4 cm³/mol. The first-order valence-electron chi connectivity index (χ1n) is 5.83. The van der Waals surface area contributed by atoms with Crippen molar-refractivity contribution >= 4 is 33.5 Å². The Morgan fingerprint density at radius 3 is 2.95 bits per heavy atom. The highest BCUT2D eigenvalue weighted by molar-refractivity contribution is 9.10. The number of benzene rings is 1. The number of anilines is 1. The Morgan fingerprint density at radius 2 is 2.16 bits per heavy atom. The fraction of sp³-hybridized carbons (Fsp3) is 0.231. The van der Waals surface area contributed by atoms with Crippen LogP contribution in [-0.4, -0.2) is 15.7 Å². The van der Waals surface area contributed by atoms with Gasteiger partial charge in [-0.15, -0.1) is 11.8 Å². The van der Waals surface area contributed by atoms with Gasteiger partial charge in [0.05, 0.1) is 10.2 Å². The van der Waals surface area contributed by atoms with Crippen molar-refractivity contribution in [3.8, 4) is 5.75 Å². The highest BCUT2D eigenvalue weighted by atomic mass is 79.9. The van der Waals surface area contributed by atoms with E-state index in [0.717, 1.165) is 26.6 Å². The Hall–Kier alpha value is -1.27. The molecule has 1 aliphatic heterocycles. The zero-order valence-corrected chi connectivity index (χ0v) is 12.7. The molecular formula is C13H12BrN3OS.